The van der Waals surface area contributed by atoms with Crippen LogP contribution in [0.5, 0.6) is 5.75 Å². The predicted octanol–water partition coefficient (Wildman–Crippen LogP) is 3.20. The van der Waals surface area contributed by atoms with Gasteiger partial charge in [-0.1, -0.05) is 17.7 Å². The molecule has 1 amide bonds. The van der Waals surface area contributed by atoms with E-state index in [0.29, 0.717) is 61.9 Å². The summed E-state index contributed by atoms with van der Waals surface area (Å²) in [5.74, 6) is -1.81. The van der Waals surface area contributed by atoms with Crippen molar-refractivity contribution in [3.8, 4) is 5.75 Å². The molecule has 1 saturated heterocycles. The normalized spacial score (nSPS) is 14.9. The summed E-state index contributed by atoms with van der Waals surface area (Å²) >= 11 is 6.02. The van der Waals surface area contributed by atoms with Crippen LogP contribution in [-0.2, 0) is 27.8 Å². The van der Waals surface area contributed by atoms with E-state index in [1.165, 1.54) is 6.07 Å². The van der Waals surface area contributed by atoms with Crippen molar-refractivity contribution in [2.75, 3.05) is 45.1 Å². The third kappa shape index (κ3) is 8.19. The Bertz CT molecular complexity index is 1110. The highest BCUT2D eigenvalue weighted by Crippen LogP contribution is 2.24. The number of benzene rings is 2. The van der Waals surface area contributed by atoms with Crippen LogP contribution in [0.3, 0.4) is 0 Å². The van der Waals surface area contributed by atoms with Gasteiger partial charge in [-0.3, -0.25) is 14.2 Å². The summed E-state index contributed by atoms with van der Waals surface area (Å²) in [6.07, 6.45) is 1.10. The Morgan fingerprint density at radius 2 is 1.76 bits per heavy atom. The molecule has 0 spiro atoms. The molecule has 0 unspecified atom stereocenters. The predicted molar refractivity (Wildman–Crippen MR) is 125 cm³/mol. The van der Waals surface area contributed by atoms with Crippen LogP contribution < -0.4 is 4.74 Å². The first kappa shape index (κ1) is 26.3. The van der Waals surface area contributed by atoms with Crippen molar-refractivity contribution in [2.24, 2.45) is 0 Å². The second-order valence-electron chi connectivity index (χ2n) is 8.15. The minimum atomic E-state index is -4.06. The van der Waals surface area contributed by atoms with Gasteiger partial charge in [-0.15, -0.1) is 0 Å². The molecule has 1 fully saturated rings. The molecule has 2 aromatic carbocycles. The summed E-state index contributed by atoms with van der Waals surface area (Å²) < 4.78 is 62.9. The van der Waals surface area contributed by atoms with Crippen molar-refractivity contribution < 1.29 is 31.3 Å². The third-order valence-corrected chi connectivity index (χ3v) is 6.69. The largest absolute Gasteiger partial charge is 0.483 e. The number of hydrogen-bond acceptors (Lipinski definition) is 5. The zero-order valence-electron chi connectivity index (χ0n) is 18.6. The van der Waals surface area contributed by atoms with E-state index < -0.39 is 21.8 Å². The first-order chi connectivity index (χ1) is 16.1. The van der Waals surface area contributed by atoms with Crippen molar-refractivity contribution in [3.05, 3.63) is 64.2 Å². The van der Waals surface area contributed by atoms with E-state index in [9.17, 15) is 22.0 Å². The number of ether oxygens (including phenoxy) is 1. The summed E-state index contributed by atoms with van der Waals surface area (Å²) in [6, 6.07) is 8.82. The Morgan fingerprint density at radius 1 is 1.03 bits per heavy atom. The minimum absolute atomic E-state index is 0.165. The first-order valence-corrected chi connectivity index (χ1v) is 12.9. The monoisotopic (exact) mass is 516 g/mol. The van der Waals surface area contributed by atoms with E-state index >= 15 is 0 Å². The number of halogens is 3. The summed E-state index contributed by atoms with van der Waals surface area (Å²) in [5, 5.41) is 0.458. The van der Waals surface area contributed by atoms with Gasteiger partial charge in [0.1, 0.15) is 5.75 Å². The molecule has 1 aliphatic rings. The number of amides is 1. The van der Waals surface area contributed by atoms with Gasteiger partial charge < -0.3 is 9.64 Å². The van der Waals surface area contributed by atoms with Crippen LogP contribution in [0.4, 0.5) is 8.78 Å². The quantitative estimate of drug-likeness (QED) is 0.488. The van der Waals surface area contributed by atoms with Crippen molar-refractivity contribution in [3.63, 3.8) is 0 Å². The van der Waals surface area contributed by atoms with E-state index in [1.54, 1.807) is 29.2 Å². The molecule has 3 rings (SSSR count). The molecule has 0 atom stereocenters. The topological polar surface area (TPSA) is 87.1 Å². The highest BCUT2D eigenvalue weighted by atomic mass is 35.5. The summed E-state index contributed by atoms with van der Waals surface area (Å²) in [7, 11) is -4.06. The highest BCUT2D eigenvalue weighted by Gasteiger charge is 2.22. The zero-order chi connectivity index (χ0) is 24.7. The molecular weight excluding hydrogens is 490 g/mol. The van der Waals surface area contributed by atoms with Crippen LogP contribution in [0.25, 0.3) is 0 Å². The molecule has 2 aromatic rings. The number of rotatable bonds is 10. The number of hydrogen-bond donors (Lipinski definition) is 1. The maximum atomic E-state index is 13.3. The first-order valence-electron chi connectivity index (χ1n) is 10.9. The number of nitrogens with zero attached hydrogens (tertiary/aromatic N) is 2. The molecule has 34 heavy (non-hydrogen) atoms. The fourth-order valence-electron chi connectivity index (χ4n) is 3.76. The molecule has 1 heterocycles. The van der Waals surface area contributed by atoms with Gasteiger partial charge in [0.05, 0.1) is 5.75 Å². The van der Waals surface area contributed by atoms with Gasteiger partial charge >= 0.3 is 0 Å². The van der Waals surface area contributed by atoms with Gasteiger partial charge in [-0.25, -0.2) is 8.78 Å². The molecule has 0 aromatic heterocycles. The Kier molecular flexibility index (Phi) is 9.24. The van der Waals surface area contributed by atoms with Gasteiger partial charge in [-0.05, 0) is 60.7 Å². The van der Waals surface area contributed by atoms with Crippen molar-refractivity contribution >= 4 is 27.6 Å². The maximum absolute atomic E-state index is 13.3. The maximum Gasteiger partial charge on any atom is 0.264 e. The molecule has 1 aliphatic heterocycles. The smallest absolute Gasteiger partial charge is 0.264 e. The Hall–Kier alpha value is -2.27. The molecule has 0 saturated carbocycles. The van der Waals surface area contributed by atoms with Gasteiger partial charge in [-0.2, -0.15) is 8.42 Å². The van der Waals surface area contributed by atoms with Crippen LogP contribution in [0.1, 0.15) is 17.5 Å². The van der Waals surface area contributed by atoms with Crippen molar-refractivity contribution in [1.29, 1.82) is 0 Å². The number of carbonyl (C=O) groups excluding carboxylic acids is 1. The fraction of sp³-hybridized carbons (Fsp3) is 0.435. The minimum Gasteiger partial charge on any atom is -0.483 e. The highest BCUT2D eigenvalue weighted by molar-refractivity contribution is 7.85. The van der Waals surface area contributed by atoms with E-state index in [-0.39, 0.29) is 24.7 Å². The van der Waals surface area contributed by atoms with E-state index in [1.807, 2.05) is 0 Å². The lowest BCUT2D eigenvalue weighted by atomic mass is 10.1. The lowest BCUT2D eigenvalue weighted by molar-refractivity contribution is -0.135. The Morgan fingerprint density at radius 3 is 2.44 bits per heavy atom. The van der Waals surface area contributed by atoms with Crippen LogP contribution in [0.15, 0.2) is 36.4 Å². The molecule has 186 valence electrons. The average Bonchev–Trinajstić information content (AvgIpc) is 2.78. The molecular formula is C23H27ClF2N2O5S. The van der Waals surface area contributed by atoms with Crippen LogP contribution >= 0.6 is 11.6 Å². The SMILES string of the molecule is O=C(COc1ccc(Cl)cc1CCCS(=O)(=O)O)N1CCN(CCc2ccc(F)c(F)c2)CC1. The lowest BCUT2D eigenvalue weighted by Crippen LogP contribution is -2.50. The molecule has 0 radical (unpaired) electrons. The van der Waals surface area contributed by atoms with E-state index in [4.69, 9.17) is 20.9 Å². The summed E-state index contributed by atoms with van der Waals surface area (Å²) in [6.45, 7) is 2.90. The Balaban J connectivity index is 1.45. The van der Waals surface area contributed by atoms with Crippen LogP contribution in [-0.4, -0.2) is 73.8 Å². The average molecular weight is 517 g/mol. The second kappa shape index (κ2) is 11.9. The fourth-order valence-corrected chi connectivity index (χ4v) is 4.47. The van der Waals surface area contributed by atoms with E-state index in [0.717, 1.165) is 11.6 Å². The van der Waals surface area contributed by atoms with Crippen LogP contribution in [0, 0.1) is 11.6 Å². The van der Waals surface area contributed by atoms with Gasteiger partial charge in [0.15, 0.2) is 18.2 Å². The van der Waals surface area contributed by atoms with Crippen molar-refractivity contribution in [2.45, 2.75) is 19.3 Å². The molecule has 0 bridgehead atoms. The molecule has 1 N–H and O–H groups in total. The lowest BCUT2D eigenvalue weighted by Gasteiger charge is -2.34. The van der Waals surface area contributed by atoms with Crippen LogP contribution in [0.2, 0.25) is 5.02 Å². The standard InChI is InChI=1S/C23H27ClF2N2O5S/c24-19-4-6-22(18(15-19)2-1-13-34(30,31)32)33-16-23(29)28-11-9-27(10-12-28)8-7-17-3-5-20(25)21(26)14-17/h3-6,14-15H,1-2,7-13,16H2,(H,30,31,32). The molecule has 11 heteroatoms. The Labute approximate surface area is 203 Å². The van der Waals surface area contributed by atoms with Gasteiger partial charge in [0.2, 0.25) is 0 Å². The second-order valence-corrected chi connectivity index (χ2v) is 10.2. The number of piperazine rings is 1. The van der Waals surface area contributed by atoms with Crippen molar-refractivity contribution in [1.82, 2.24) is 9.80 Å². The number of carbonyl (C=O) groups is 1. The van der Waals surface area contributed by atoms with E-state index in [2.05, 4.69) is 4.90 Å². The zero-order valence-corrected chi connectivity index (χ0v) is 20.1. The van der Waals surface area contributed by atoms with Gasteiger partial charge in [0, 0.05) is 37.7 Å². The molecule has 7 nitrogen and oxygen atoms in total. The van der Waals surface area contributed by atoms with Gasteiger partial charge in [0.25, 0.3) is 16.0 Å². The number of aryl methyl sites for hydroxylation is 1. The summed E-state index contributed by atoms with van der Waals surface area (Å²) in [4.78, 5) is 16.5. The summed E-state index contributed by atoms with van der Waals surface area (Å²) in [5.41, 5.74) is 1.38. The molecule has 0 aliphatic carbocycles. The third-order valence-electron chi connectivity index (χ3n) is 5.65.